The van der Waals surface area contributed by atoms with Crippen LogP contribution in [0.5, 0.6) is 0 Å². The molecule has 0 aliphatic carbocycles. The van der Waals surface area contributed by atoms with Crippen LogP contribution in [0.25, 0.3) is 11.0 Å². The largest absolute Gasteiger partial charge is 0.383 e. The van der Waals surface area contributed by atoms with Gasteiger partial charge in [0, 0.05) is 0 Å². The summed E-state index contributed by atoms with van der Waals surface area (Å²) in [5.41, 5.74) is 0.573. The number of halogens is 1. The molecular formula is C10H11ClN2O. The van der Waals surface area contributed by atoms with Gasteiger partial charge in [-0.15, -0.1) is 0 Å². The molecule has 2 rings (SSSR count). The molecule has 1 aromatic carbocycles. The number of para-hydroxylation sites is 1. The number of nitrogens with one attached hydrogen (secondary N) is 1. The van der Waals surface area contributed by atoms with Crippen LogP contribution in [-0.2, 0) is 5.60 Å². The summed E-state index contributed by atoms with van der Waals surface area (Å²) in [6.07, 6.45) is 0. The van der Waals surface area contributed by atoms with Gasteiger partial charge in [0.2, 0.25) is 0 Å². The number of aromatic amines is 1. The Morgan fingerprint density at radius 2 is 2.14 bits per heavy atom. The van der Waals surface area contributed by atoms with Crippen LogP contribution in [0.15, 0.2) is 18.2 Å². The van der Waals surface area contributed by atoms with Gasteiger partial charge in [0.25, 0.3) is 0 Å². The minimum Gasteiger partial charge on any atom is -0.383 e. The third-order valence-corrected chi connectivity index (χ3v) is 2.35. The summed E-state index contributed by atoms with van der Waals surface area (Å²) in [6, 6.07) is 5.50. The second-order valence-electron chi connectivity index (χ2n) is 3.78. The third-order valence-electron chi connectivity index (χ3n) is 2.04. The molecule has 0 spiro atoms. The fourth-order valence-electron chi connectivity index (χ4n) is 1.29. The van der Waals surface area contributed by atoms with Gasteiger partial charge in [0.05, 0.1) is 10.5 Å². The number of aliphatic hydroxyl groups is 1. The van der Waals surface area contributed by atoms with Crippen LogP contribution in [-0.4, -0.2) is 15.1 Å². The lowest BCUT2D eigenvalue weighted by Crippen LogP contribution is -2.17. The van der Waals surface area contributed by atoms with Gasteiger partial charge in [-0.2, -0.15) is 0 Å². The van der Waals surface area contributed by atoms with Crippen LogP contribution in [0.3, 0.4) is 0 Å². The molecule has 0 aliphatic heterocycles. The lowest BCUT2D eigenvalue weighted by Gasteiger charge is -2.12. The highest BCUT2D eigenvalue weighted by atomic mass is 35.5. The lowest BCUT2D eigenvalue weighted by atomic mass is 10.1. The van der Waals surface area contributed by atoms with E-state index in [-0.39, 0.29) is 0 Å². The molecule has 14 heavy (non-hydrogen) atoms. The molecule has 2 aromatic rings. The zero-order valence-corrected chi connectivity index (χ0v) is 8.76. The maximum Gasteiger partial charge on any atom is 0.138 e. The topological polar surface area (TPSA) is 48.9 Å². The Bertz CT molecular complexity index is 470. The van der Waals surface area contributed by atoms with E-state index in [9.17, 15) is 5.11 Å². The summed E-state index contributed by atoms with van der Waals surface area (Å²) in [4.78, 5) is 7.28. The Kier molecular flexibility index (Phi) is 2.01. The van der Waals surface area contributed by atoms with Crippen LogP contribution in [0.1, 0.15) is 19.7 Å². The van der Waals surface area contributed by atoms with E-state index in [4.69, 9.17) is 11.6 Å². The van der Waals surface area contributed by atoms with Crippen molar-refractivity contribution >= 4 is 22.6 Å². The van der Waals surface area contributed by atoms with E-state index in [1.54, 1.807) is 19.9 Å². The molecule has 4 heteroatoms. The first-order chi connectivity index (χ1) is 6.48. The number of benzene rings is 1. The Morgan fingerprint density at radius 3 is 2.71 bits per heavy atom. The number of fused-ring (bicyclic) bond motifs is 1. The number of aromatic nitrogens is 2. The van der Waals surface area contributed by atoms with E-state index in [1.165, 1.54) is 0 Å². The fraction of sp³-hybridized carbons (Fsp3) is 0.300. The normalized spacial score (nSPS) is 12.3. The van der Waals surface area contributed by atoms with E-state index >= 15 is 0 Å². The van der Waals surface area contributed by atoms with Crippen molar-refractivity contribution in [1.29, 1.82) is 0 Å². The van der Waals surface area contributed by atoms with Crippen LogP contribution >= 0.6 is 11.6 Å². The molecule has 1 aromatic heterocycles. The first-order valence-corrected chi connectivity index (χ1v) is 4.73. The maximum absolute atomic E-state index is 9.74. The molecule has 2 N–H and O–H groups in total. The molecule has 0 aliphatic rings. The fourth-order valence-corrected chi connectivity index (χ4v) is 1.50. The van der Waals surface area contributed by atoms with Gasteiger partial charge >= 0.3 is 0 Å². The van der Waals surface area contributed by atoms with Crippen molar-refractivity contribution < 1.29 is 5.11 Å². The van der Waals surface area contributed by atoms with Crippen LogP contribution < -0.4 is 0 Å². The van der Waals surface area contributed by atoms with Crippen molar-refractivity contribution in [3.05, 3.63) is 29.0 Å². The SMILES string of the molecule is CC(C)(O)c1nc2c(Cl)cccc2[nH]1. The number of hydrogen-bond acceptors (Lipinski definition) is 2. The molecule has 3 nitrogen and oxygen atoms in total. The highest BCUT2D eigenvalue weighted by Gasteiger charge is 2.20. The van der Waals surface area contributed by atoms with E-state index in [1.807, 2.05) is 12.1 Å². The molecule has 0 saturated heterocycles. The molecular weight excluding hydrogens is 200 g/mol. The van der Waals surface area contributed by atoms with E-state index in [2.05, 4.69) is 9.97 Å². The second kappa shape index (κ2) is 2.97. The van der Waals surface area contributed by atoms with Crippen molar-refractivity contribution in [1.82, 2.24) is 9.97 Å². The van der Waals surface area contributed by atoms with Gasteiger partial charge in [-0.25, -0.2) is 4.98 Å². The Labute approximate surface area is 86.7 Å². The highest BCUT2D eigenvalue weighted by molar-refractivity contribution is 6.34. The molecule has 0 unspecified atom stereocenters. The van der Waals surface area contributed by atoms with Crippen LogP contribution in [0.4, 0.5) is 0 Å². The maximum atomic E-state index is 9.74. The molecule has 0 atom stereocenters. The Balaban J connectivity index is 2.69. The monoisotopic (exact) mass is 210 g/mol. The Morgan fingerprint density at radius 1 is 1.43 bits per heavy atom. The number of H-pyrrole nitrogens is 1. The number of hydrogen-bond donors (Lipinski definition) is 2. The summed E-state index contributed by atoms with van der Waals surface area (Å²) in [5.74, 6) is 0.528. The minimum absolute atomic E-state index is 0.528. The molecule has 0 saturated carbocycles. The summed E-state index contributed by atoms with van der Waals surface area (Å²) in [5, 5.41) is 10.3. The van der Waals surface area contributed by atoms with Crippen molar-refractivity contribution in [2.75, 3.05) is 0 Å². The molecule has 0 fully saturated rings. The van der Waals surface area contributed by atoms with Crippen molar-refractivity contribution in [3.8, 4) is 0 Å². The van der Waals surface area contributed by atoms with E-state index < -0.39 is 5.60 Å². The number of rotatable bonds is 1. The molecule has 0 bridgehead atoms. The predicted molar refractivity (Wildman–Crippen MR) is 56.3 cm³/mol. The molecule has 1 heterocycles. The van der Waals surface area contributed by atoms with Gasteiger partial charge in [0.1, 0.15) is 16.9 Å². The first kappa shape index (κ1) is 9.49. The zero-order valence-electron chi connectivity index (χ0n) is 8.00. The van der Waals surface area contributed by atoms with Crippen molar-refractivity contribution in [2.24, 2.45) is 0 Å². The number of imidazole rings is 1. The van der Waals surface area contributed by atoms with Gasteiger partial charge in [-0.1, -0.05) is 17.7 Å². The van der Waals surface area contributed by atoms with E-state index in [0.717, 1.165) is 5.52 Å². The van der Waals surface area contributed by atoms with Crippen molar-refractivity contribution in [2.45, 2.75) is 19.4 Å². The third kappa shape index (κ3) is 1.49. The first-order valence-electron chi connectivity index (χ1n) is 4.35. The average Bonchev–Trinajstić information content (AvgIpc) is 2.48. The smallest absolute Gasteiger partial charge is 0.138 e. The lowest BCUT2D eigenvalue weighted by molar-refractivity contribution is 0.0700. The minimum atomic E-state index is -0.970. The molecule has 0 radical (unpaired) electrons. The van der Waals surface area contributed by atoms with Gasteiger partial charge < -0.3 is 10.1 Å². The van der Waals surface area contributed by atoms with Gasteiger partial charge in [-0.3, -0.25) is 0 Å². The summed E-state index contributed by atoms with van der Waals surface area (Å²) >= 11 is 5.96. The Hall–Kier alpha value is -1.06. The van der Waals surface area contributed by atoms with Crippen LogP contribution in [0, 0.1) is 0 Å². The quantitative estimate of drug-likeness (QED) is 0.760. The van der Waals surface area contributed by atoms with Gasteiger partial charge in [0.15, 0.2) is 0 Å². The summed E-state index contributed by atoms with van der Waals surface area (Å²) in [7, 11) is 0. The van der Waals surface area contributed by atoms with Crippen molar-refractivity contribution in [3.63, 3.8) is 0 Å². The highest BCUT2D eigenvalue weighted by Crippen LogP contribution is 2.25. The van der Waals surface area contributed by atoms with Gasteiger partial charge in [-0.05, 0) is 26.0 Å². The summed E-state index contributed by atoms with van der Waals surface area (Å²) in [6.45, 7) is 3.36. The molecule has 74 valence electrons. The zero-order chi connectivity index (χ0) is 10.3. The summed E-state index contributed by atoms with van der Waals surface area (Å²) < 4.78 is 0. The second-order valence-corrected chi connectivity index (χ2v) is 4.19. The van der Waals surface area contributed by atoms with E-state index in [0.29, 0.717) is 16.4 Å². The number of nitrogens with zero attached hydrogens (tertiary/aromatic N) is 1. The predicted octanol–water partition coefficient (Wildman–Crippen LogP) is 2.44. The standard InChI is InChI=1S/C10H11ClN2O/c1-10(2,14)9-12-7-5-3-4-6(11)8(7)13-9/h3-5,14H,1-2H3,(H,12,13). The average molecular weight is 211 g/mol. The molecule has 0 amide bonds. The van der Waals surface area contributed by atoms with Crippen LogP contribution in [0.2, 0.25) is 5.02 Å².